The predicted molar refractivity (Wildman–Crippen MR) is 97.4 cm³/mol. The van der Waals surface area contributed by atoms with Gasteiger partial charge in [0.15, 0.2) is 5.76 Å². The highest BCUT2D eigenvalue weighted by molar-refractivity contribution is 9.11. The van der Waals surface area contributed by atoms with E-state index in [1.165, 1.54) is 0 Å². The Kier molecular flexibility index (Phi) is 5.01. The van der Waals surface area contributed by atoms with Crippen molar-refractivity contribution in [3.63, 3.8) is 0 Å². The van der Waals surface area contributed by atoms with E-state index in [-0.39, 0.29) is 18.3 Å². The van der Waals surface area contributed by atoms with E-state index in [0.717, 1.165) is 16.7 Å². The average Bonchev–Trinajstić information content (AvgIpc) is 2.97. The molecular formula is C19H16BrNO3. The predicted octanol–water partition coefficient (Wildman–Crippen LogP) is 4.65. The molecule has 1 aromatic heterocycles. The molecule has 1 amide bonds. The van der Waals surface area contributed by atoms with Crippen LogP contribution in [0, 0.1) is 0 Å². The van der Waals surface area contributed by atoms with Gasteiger partial charge in [-0.3, -0.25) is 4.79 Å². The van der Waals surface area contributed by atoms with Crippen molar-refractivity contribution in [1.29, 1.82) is 0 Å². The molecule has 1 N–H and O–H groups in total. The van der Waals surface area contributed by atoms with Crippen LogP contribution in [0.5, 0.6) is 5.75 Å². The zero-order valence-corrected chi connectivity index (χ0v) is 14.5. The molecule has 24 heavy (non-hydrogen) atoms. The van der Waals surface area contributed by atoms with E-state index < -0.39 is 0 Å². The van der Waals surface area contributed by atoms with Crippen molar-refractivity contribution >= 4 is 32.8 Å². The average molecular weight is 386 g/mol. The Labute approximate surface area is 148 Å². The van der Waals surface area contributed by atoms with E-state index in [9.17, 15) is 4.79 Å². The van der Waals surface area contributed by atoms with E-state index >= 15 is 0 Å². The number of carbonyl (C=O) groups excluding carboxylic acids is 1. The molecule has 0 spiro atoms. The summed E-state index contributed by atoms with van der Waals surface area (Å²) < 4.78 is 12.2. The number of para-hydroxylation sites is 2. The number of rotatable bonds is 6. The summed E-state index contributed by atoms with van der Waals surface area (Å²) in [4.78, 5) is 12.4. The molecule has 0 atom stereocenters. The number of hydrogen-bond donors (Lipinski definition) is 1. The van der Waals surface area contributed by atoms with Gasteiger partial charge >= 0.3 is 0 Å². The topological polar surface area (TPSA) is 51.5 Å². The molecule has 1 heterocycles. The van der Waals surface area contributed by atoms with Crippen molar-refractivity contribution in [2.75, 3.05) is 6.54 Å². The Bertz CT molecular complexity index is 871. The summed E-state index contributed by atoms with van der Waals surface area (Å²) in [5.41, 5.74) is 1.39. The Morgan fingerprint density at radius 2 is 1.83 bits per heavy atom. The number of fused-ring (bicyclic) bond motifs is 1. The SMILES string of the molecule is C=C(Br)CNC(=O)c1oc2ccccc2c1COc1ccccc1. The van der Waals surface area contributed by atoms with E-state index in [0.29, 0.717) is 16.6 Å². The number of furan rings is 1. The maximum Gasteiger partial charge on any atom is 0.287 e. The first-order chi connectivity index (χ1) is 11.6. The lowest BCUT2D eigenvalue weighted by Gasteiger charge is -2.07. The van der Waals surface area contributed by atoms with Crippen molar-refractivity contribution in [2.45, 2.75) is 6.61 Å². The van der Waals surface area contributed by atoms with Gasteiger partial charge in [-0.15, -0.1) is 0 Å². The van der Waals surface area contributed by atoms with Crippen LogP contribution in [0.2, 0.25) is 0 Å². The summed E-state index contributed by atoms with van der Waals surface area (Å²) in [6.45, 7) is 4.29. The molecule has 122 valence electrons. The number of nitrogens with one attached hydrogen (secondary N) is 1. The van der Waals surface area contributed by atoms with Gasteiger partial charge in [0.05, 0.1) is 0 Å². The fourth-order valence-electron chi connectivity index (χ4n) is 2.35. The number of amides is 1. The highest BCUT2D eigenvalue weighted by Crippen LogP contribution is 2.27. The number of hydrogen-bond acceptors (Lipinski definition) is 3. The monoisotopic (exact) mass is 385 g/mol. The summed E-state index contributed by atoms with van der Waals surface area (Å²) in [6.07, 6.45) is 0. The van der Waals surface area contributed by atoms with Crippen molar-refractivity contribution in [3.8, 4) is 5.75 Å². The smallest absolute Gasteiger partial charge is 0.287 e. The molecule has 0 fully saturated rings. The van der Waals surface area contributed by atoms with Gasteiger partial charge < -0.3 is 14.5 Å². The second-order valence-electron chi connectivity index (χ2n) is 5.21. The number of ether oxygens (including phenoxy) is 1. The lowest BCUT2D eigenvalue weighted by molar-refractivity contribution is 0.0929. The normalized spacial score (nSPS) is 10.5. The second-order valence-corrected chi connectivity index (χ2v) is 6.33. The standard InChI is InChI=1S/C19H16BrNO3/c1-13(20)11-21-19(22)18-16(12-23-14-7-3-2-4-8-14)15-9-5-6-10-17(15)24-18/h2-10H,1,11-12H2,(H,21,22). The Hall–Kier alpha value is -2.53. The quantitative estimate of drug-likeness (QED) is 0.671. The Balaban J connectivity index is 1.90. The summed E-state index contributed by atoms with van der Waals surface area (Å²) in [6, 6.07) is 17.0. The van der Waals surface area contributed by atoms with Crippen LogP contribution in [0.3, 0.4) is 0 Å². The minimum Gasteiger partial charge on any atom is -0.489 e. The number of carbonyl (C=O) groups is 1. The van der Waals surface area contributed by atoms with Gasteiger partial charge in [0.25, 0.3) is 5.91 Å². The lowest BCUT2D eigenvalue weighted by Crippen LogP contribution is -2.25. The van der Waals surface area contributed by atoms with Crippen LogP contribution in [-0.4, -0.2) is 12.5 Å². The number of benzene rings is 2. The van der Waals surface area contributed by atoms with Gasteiger partial charge in [0, 0.05) is 22.0 Å². The van der Waals surface area contributed by atoms with Gasteiger partial charge in [-0.1, -0.05) is 58.9 Å². The molecule has 0 aliphatic carbocycles. The van der Waals surface area contributed by atoms with Gasteiger partial charge in [0.2, 0.25) is 0 Å². The van der Waals surface area contributed by atoms with E-state index in [4.69, 9.17) is 9.15 Å². The summed E-state index contributed by atoms with van der Waals surface area (Å²) in [7, 11) is 0. The van der Waals surface area contributed by atoms with Gasteiger partial charge in [-0.25, -0.2) is 0 Å². The van der Waals surface area contributed by atoms with Crippen LogP contribution in [0.1, 0.15) is 16.1 Å². The van der Waals surface area contributed by atoms with Crippen molar-refractivity contribution in [1.82, 2.24) is 5.32 Å². The molecule has 0 aliphatic heterocycles. The van der Waals surface area contributed by atoms with E-state index in [2.05, 4.69) is 27.8 Å². The zero-order valence-electron chi connectivity index (χ0n) is 12.9. The Morgan fingerprint density at radius 3 is 2.58 bits per heavy atom. The number of halogens is 1. The molecular weight excluding hydrogens is 370 g/mol. The third-order valence-corrected chi connectivity index (χ3v) is 3.75. The maximum atomic E-state index is 12.4. The van der Waals surface area contributed by atoms with E-state index in [1.807, 2.05) is 54.6 Å². The van der Waals surface area contributed by atoms with Crippen molar-refractivity contribution < 1.29 is 13.9 Å². The highest BCUT2D eigenvalue weighted by Gasteiger charge is 2.20. The Morgan fingerprint density at radius 1 is 1.12 bits per heavy atom. The molecule has 0 aliphatic rings. The molecule has 2 aromatic carbocycles. The van der Waals surface area contributed by atoms with E-state index in [1.54, 1.807) is 0 Å². The van der Waals surface area contributed by atoms with Crippen LogP contribution in [0.15, 0.2) is 70.1 Å². The molecule has 0 unspecified atom stereocenters. The first-order valence-electron chi connectivity index (χ1n) is 7.45. The maximum absolute atomic E-state index is 12.4. The minimum absolute atomic E-state index is 0.249. The highest BCUT2D eigenvalue weighted by atomic mass is 79.9. The first kappa shape index (κ1) is 16.3. The van der Waals surface area contributed by atoms with Crippen LogP contribution in [0.25, 0.3) is 11.0 Å². The van der Waals surface area contributed by atoms with Crippen molar-refractivity contribution in [2.24, 2.45) is 0 Å². The van der Waals surface area contributed by atoms with Crippen LogP contribution >= 0.6 is 15.9 Å². The molecule has 0 radical (unpaired) electrons. The first-order valence-corrected chi connectivity index (χ1v) is 8.24. The third-order valence-electron chi connectivity index (χ3n) is 3.47. The summed E-state index contributed by atoms with van der Waals surface area (Å²) in [5.74, 6) is 0.710. The van der Waals surface area contributed by atoms with Gasteiger partial charge in [-0.05, 0) is 18.2 Å². The fourth-order valence-corrected chi connectivity index (χ4v) is 2.49. The molecule has 3 rings (SSSR count). The van der Waals surface area contributed by atoms with Gasteiger partial charge in [-0.2, -0.15) is 0 Å². The molecule has 5 heteroatoms. The van der Waals surface area contributed by atoms with Gasteiger partial charge in [0.1, 0.15) is 17.9 Å². The molecule has 4 nitrogen and oxygen atoms in total. The van der Waals surface area contributed by atoms with Crippen molar-refractivity contribution in [3.05, 3.63) is 77.0 Å². The largest absolute Gasteiger partial charge is 0.489 e. The van der Waals surface area contributed by atoms with Crippen LogP contribution in [-0.2, 0) is 6.61 Å². The molecule has 3 aromatic rings. The summed E-state index contributed by atoms with van der Waals surface area (Å²) in [5, 5.41) is 3.63. The van der Waals surface area contributed by atoms with Crippen LogP contribution in [0.4, 0.5) is 0 Å². The lowest BCUT2D eigenvalue weighted by atomic mass is 10.1. The van der Waals surface area contributed by atoms with Crippen LogP contribution < -0.4 is 10.1 Å². The molecule has 0 bridgehead atoms. The summed E-state index contributed by atoms with van der Waals surface area (Å²) >= 11 is 3.23. The zero-order chi connectivity index (χ0) is 16.9. The molecule has 0 saturated carbocycles. The minimum atomic E-state index is -0.293. The third kappa shape index (κ3) is 3.68. The fraction of sp³-hybridized carbons (Fsp3) is 0.105. The second kappa shape index (κ2) is 7.36. The molecule has 0 saturated heterocycles.